The summed E-state index contributed by atoms with van der Waals surface area (Å²) >= 11 is 11.7. The molecule has 1 aromatic rings. The number of amides is 1. The summed E-state index contributed by atoms with van der Waals surface area (Å²) in [5, 5.41) is 2.57. The first-order chi connectivity index (χ1) is 11.2. The number of sulfonamides is 1. The number of carbonyl (C=O) groups excluding carboxylic acids is 1. The van der Waals surface area contributed by atoms with Gasteiger partial charge in [-0.05, 0) is 12.8 Å². The lowest BCUT2D eigenvalue weighted by Crippen LogP contribution is -2.49. The zero-order valence-corrected chi connectivity index (χ0v) is 16.3. The van der Waals surface area contributed by atoms with E-state index in [0.29, 0.717) is 14.9 Å². The number of aromatic nitrogens is 1. The molecule has 1 saturated carbocycles. The third-order valence-electron chi connectivity index (χ3n) is 3.09. The monoisotopic (exact) mass is 407 g/mol. The number of nitrogens with one attached hydrogen (secondary N) is 2. The summed E-state index contributed by atoms with van der Waals surface area (Å²) < 4.78 is 24.1. The molecule has 0 aromatic carbocycles. The van der Waals surface area contributed by atoms with Crippen molar-refractivity contribution < 1.29 is 13.2 Å². The quantitative estimate of drug-likeness (QED) is 0.513. The van der Waals surface area contributed by atoms with Crippen molar-refractivity contribution in [3.63, 3.8) is 0 Å². The summed E-state index contributed by atoms with van der Waals surface area (Å²) in [6.07, 6.45) is 3.50. The van der Waals surface area contributed by atoms with E-state index in [-0.39, 0.29) is 5.92 Å². The SMILES string of the molecule is CN(NC(=O)CS(=O)(=O)NN(C)C(=S)C1CC1)C(=S)c1cncs1. The van der Waals surface area contributed by atoms with Gasteiger partial charge in [-0.1, -0.05) is 24.4 Å². The fraction of sp³-hybridized carbons (Fsp3) is 0.500. The van der Waals surface area contributed by atoms with Crippen molar-refractivity contribution in [1.82, 2.24) is 25.3 Å². The number of hydrazine groups is 2. The minimum Gasteiger partial charge on any atom is -0.291 e. The molecule has 1 fully saturated rings. The van der Waals surface area contributed by atoms with Gasteiger partial charge in [0.2, 0.25) is 10.0 Å². The Hall–Kier alpha value is -1.21. The van der Waals surface area contributed by atoms with Gasteiger partial charge in [0.25, 0.3) is 5.91 Å². The Kier molecular flexibility index (Phi) is 6.20. The molecular weight excluding hydrogens is 390 g/mol. The van der Waals surface area contributed by atoms with Gasteiger partial charge in [-0.15, -0.1) is 16.2 Å². The summed E-state index contributed by atoms with van der Waals surface area (Å²) in [5.74, 6) is -1.20. The molecule has 0 aliphatic heterocycles. The van der Waals surface area contributed by atoms with E-state index in [9.17, 15) is 13.2 Å². The Morgan fingerprint density at radius 3 is 2.58 bits per heavy atom. The van der Waals surface area contributed by atoms with Crippen LogP contribution in [0.2, 0.25) is 0 Å². The van der Waals surface area contributed by atoms with Gasteiger partial charge in [0, 0.05) is 26.2 Å². The summed E-state index contributed by atoms with van der Waals surface area (Å²) in [7, 11) is -0.794. The highest BCUT2D eigenvalue weighted by Crippen LogP contribution is 2.31. The zero-order chi connectivity index (χ0) is 17.9. The molecule has 24 heavy (non-hydrogen) atoms. The Morgan fingerprint density at radius 2 is 2.04 bits per heavy atom. The number of hydrogen-bond donors (Lipinski definition) is 2. The van der Waals surface area contributed by atoms with E-state index in [1.807, 2.05) is 0 Å². The van der Waals surface area contributed by atoms with Gasteiger partial charge >= 0.3 is 0 Å². The van der Waals surface area contributed by atoms with Gasteiger partial charge in [-0.25, -0.2) is 8.42 Å². The molecule has 2 N–H and O–H groups in total. The number of rotatable bonds is 6. The van der Waals surface area contributed by atoms with Gasteiger partial charge in [-0.2, -0.15) is 0 Å². The molecule has 1 aliphatic rings. The van der Waals surface area contributed by atoms with Crippen LogP contribution in [0.15, 0.2) is 11.7 Å². The zero-order valence-electron chi connectivity index (χ0n) is 13.1. The number of nitrogens with zero attached hydrogens (tertiary/aromatic N) is 3. The van der Waals surface area contributed by atoms with Crippen LogP contribution < -0.4 is 10.3 Å². The van der Waals surface area contributed by atoms with Crippen LogP contribution in [0.4, 0.5) is 0 Å². The smallest absolute Gasteiger partial charge is 0.255 e. The second-order valence-electron chi connectivity index (χ2n) is 5.29. The molecule has 2 rings (SSSR count). The third kappa shape index (κ3) is 5.41. The minimum absolute atomic E-state index is 0.240. The molecule has 0 atom stereocenters. The lowest BCUT2D eigenvalue weighted by Gasteiger charge is -2.22. The first-order valence-corrected chi connectivity index (χ1v) is 10.3. The summed E-state index contributed by atoms with van der Waals surface area (Å²) in [6.45, 7) is 0. The number of thiazole rings is 1. The lowest BCUT2D eigenvalue weighted by molar-refractivity contribution is -0.121. The molecule has 1 aromatic heterocycles. The van der Waals surface area contributed by atoms with E-state index in [0.717, 1.165) is 12.8 Å². The highest BCUT2D eigenvalue weighted by molar-refractivity contribution is 7.90. The molecule has 0 saturated heterocycles. The fourth-order valence-corrected chi connectivity index (χ4v) is 3.99. The summed E-state index contributed by atoms with van der Waals surface area (Å²) in [5.41, 5.74) is 4.04. The number of carbonyl (C=O) groups is 1. The second-order valence-corrected chi connectivity index (χ2v) is 8.68. The van der Waals surface area contributed by atoms with Crippen molar-refractivity contribution in [3.05, 3.63) is 16.6 Å². The average Bonchev–Trinajstić information content (AvgIpc) is 3.18. The largest absolute Gasteiger partial charge is 0.291 e. The summed E-state index contributed by atoms with van der Waals surface area (Å²) in [4.78, 5) is 19.7. The van der Waals surface area contributed by atoms with Crippen LogP contribution in [0.5, 0.6) is 0 Å². The average molecular weight is 408 g/mol. The Balaban J connectivity index is 1.85. The van der Waals surface area contributed by atoms with E-state index in [2.05, 4.69) is 15.2 Å². The van der Waals surface area contributed by atoms with E-state index < -0.39 is 21.7 Å². The molecular formula is C12H17N5O3S4. The predicted molar refractivity (Wildman–Crippen MR) is 99.7 cm³/mol. The van der Waals surface area contributed by atoms with Gasteiger partial charge < -0.3 is 0 Å². The standard InChI is InChI=1S/C12H17N5O3S4/c1-16(12(22)9-5-13-7-23-9)14-10(18)6-24(19,20)15-17(2)11(21)8-3-4-8/h5,7-8,15H,3-4,6H2,1-2H3,(H,14,18). The van der Waals surface area contributed by atoms with Crippen LogP contribution in [0.1, 0.15) is 17.7 Å². The van der Waals surface area contributed by atoms with Crippen LogP contribution in [0.25, 0.3) is 0 Å². The third-order valence-corrected chi connectivity index (χ3v) is 6.30. The topological polar surface area (TPSA) is 94.6 Å². The van der Waals surface area contributed by atoms with E-state index in [1.54, 1.807) is 11.7 Å². The highest BCUT2D eigenvalue weighted by atomic mass is 32.2. The van der Waals surface area contributed by atoms with E-state index >= 15 is 0 Å². The van der Waals surface area contributed by atoms with Crippen molar-refractivity contribution >= 4 is 61.7 Å². The van der Waals surface area contributed by atoms with Gasteiger partial charge in [0.05, 0.1) is 15.4 Å². The van der Waals surface area contributed by atoms with Crippen LogP contribution in [0, 0.1) is 5.92 Å². The van der Waals surface area contributed by atoms with Crippen LogP contribution in [0.3, 0.4) is 0 Å². The van der Waals surface area contributed by atoms with Crippen molar-refractivity contribution in [2.24, 2.45) is 5.92 Å². The lowest BCUT2D eigenvalue weighted by atomic mass is 10.4. The Labute approximate surface area is 155 Å². The van der Waals surface area contributed by atoms with Gasteiger partial charge in [0.1, 0.15) is 10.7 Å². The molecule has 0 spiro atoms. The van der Waals surface area contributed by atoms with Crippen molar-refractivity contribution in [3.8, 4) is 0 Å². The van der Waals surface area contributed by atoms with Crippen LogP contribution >= 0.6 is 35.8 Å². The maximum Gasteiger partial charge on any atom is 0.255 e. The van der Waals surface area contributed by atoms with Crippen LogP contribution in [-0.2, 0) is 14.8 Å². The Bertz CT molecular complexity index is 730. The maximum atomic E-state index is 12.0. The van der Waals surface area contributed by atoms with Crippen molar-refractivity contribution in [2.75, 3.05) is 19.8 Å². The van der Waals surface area contributed by atoms with E-state index in [1.165, 1.54) is 35.4 Å². The molecule has 8 nitrogen and oxygen atoms in total. The van der Waals surface area contributed by atoms with E-state index in [4.69, 9.17) is 24.4 Å². The molecule has 12 heteroatoms. The molecule has 132 valence electrons. The first kappa shape index (κ1) is 19.1. The first-order valence-electron chi connectivity index (χ1n) is 6.93. The molecule has 1 heterocycles. The normalized spacial score (nSPS) is 14.1. The molecule has 0 bridgehead atoms. The Morgan fingerprint density at radius 1 is 1.38 bits per heavy atom. The second kappa shape index (κ2) is 7.78. The fourth-order valence-electron chi connectivity index (χ4n) is 1.82. The molecule has 1 aliphatic carbocycles. The highest BCUT2D eigenvalue weighted by Gasteiger charge is 2.30. The minimum atomic E-state index is -3.86. The molecule has 0 radical (unpaired) electrons. The van der Waals surface area contributed by atoms with Crippen LogP contribution in [-0.4, -0.2) is 59.2 Å². The number of thiocarbonyl (C=S) groups is 2. The van der Waals surface area contributed by atoms with Crippen molar-refractivity contribution in [2.45, 2.75) is 12.8 Å². The predicted octanol–water partition coefficient (Wildman–Crippen LogP) is 0.285. The van der Waals surface area contributed by atoms with Gasteiger partial charge in [-0.3, -0.25) is 25.2 Å². The summed E-state index contributed by atoms with van der Waals surface area (Å²) in [6, 6.07) is 0. The van der Waals surface area contributed by atoms with Crippen molar-refractivity contribution in [1.29, 1.82) is 0 Å². The maximum absolute atomic E-state index is 12.0. The number of hydrogen-bond acceptors (Lipinski definition) is 7. The van der Waals surface area contributed by atoms with Gasteiger partial charge in [0.15, 0.2) is 0 Å². The molecule has 1 amide bonds. The molecule has 0 unspecified atom stereocenters.